The van der Waals surface area contributed by atoms with Gasteiger partial charge in [-0.05, 0) is 37.3 Å². The first-order valence-corrected chi connectivity index (χ1v) is 11.8. The fraction of sp³-hybridized carbons (Fsp3) is 0.364. The topological polar surface area (TPSA) is 79.0 Å². The van der Waals surface area contributed by atoms with Crippen LogP contribution < -0.4 is 5.56 Å². The molecule has 4 rings (SSSR count). The highest BCUT2D eigenvalue weighted by Gasteiger charge is 2.26. The maximum Gasteiger partial charge on any atom is 0.264 e. The van der Waals surface area contributed by atoms with Crippen molar-refractivity contribution in [3.05, 3.63) is 56.7 Å². The van der Waals surface area contributed by atoms with Gasteiger partial charge in [0.25, 0.3) is 11.5 Å². The van der Waals surface area contributed by atoms with Crippen molar-refractivity contribution >= 4 is 39.2 Å². The molecular weight excluding hydrogens is 416 g/mol. The van der Waals surface area contributed by atoms with Crippen LogP contribution in [0.4, 0.5) is 0 Å². The summed E-state index contributed by atoms with van der Waals surface area (Å²) >= 11 is 2.55. The second-order valence-electron chi connectivity index (χ2n) is 7.27. The molecule has 30 heavy (non-hydrogen) atoms. The largest absolute Gasteiger partial charge is 0.338 e. The molecule has 1 aromatic carbocycles. The number of amides is 1. The summed E-state index contributed by atoms with van der Waals surface area (Å²) in [6.07, 6.45) is 2.74. The molecule has 154 valence electrons. The molecular formula is C22H22N4O2S2. The van der Waals surface area contributed by atoms with E-state index in [1.807, 2.05) is 42.2 Å². The second-order valence-corrected chi connectivity index (χ2v) is 9.21. The zero-order valence-corrected chi connectivity index (χ0v) is 18.4. The van der Waals surface area contributed by atoms with Crippen LogP contribution >= 0.6 is 23.1 Å². The number of nitrogens with zero attached hydrogens (tertiary/aromatic N) is 4. The van der Waals surface area contributed by atoms with E-state index in [1.54, 1.807) is 4.57 Å². The number of likely N-dealkylation sites (tertiary alicyclic amines) is 1. The Morgan fingerprint density at radius 2 is 2.00 bits per heavy atom. The lowest BCUT2D eigenvalue weighted by atomic mass is 10.1. The lowest BCUT2D eigenvalue weighted by Crippen LogP contribution is -2.27. The zero-order valence-electron chi connectivity index (χ0n) is 16.8. The smallest absolute Gasteiger partial charge is 0.264 e. The van der Waals surface area contributed by atoms with E-state index in [1.165, 1.54) is 23.1 Å². The van der Waals surface area contributed by atoms with Crippen molar-refractivity contribution in [3.8, 4) is 6.07 Å². The van der Waals surface area contributed by atoms with Crippen LogP contribution in [0.1, 0.15) is 33.6 Å². The minimum absolute atomic E-state index is 0.00513. The van der Waals surface area contributed by atoms with Gasteiger partial charge in [0.1, 0.15) is 4.83 Å². The molecule has 6 nitrogen and oxygen atoms in total. The second kappa shape index (κ2) is 9.02. The summed E-state index contributed by atoms with van der Waals surface area (Å²) in [6.45, 7) is 3.86. The highest BCUT2D eigenvalue weighted by Crippen LogP contribution is 2.31. The lowest BCUT2D eigenvalue weighted by Gasteiger charge is -2.14. The molecule has 1 aliphatic heterocycles. The van der Waals surface area contributed by atoms with E-state index in [2.05, 4.69) is 6.07 Å². The van der Waals surface area contributed by atoms with Gasteiger partial charge in [-0.1, -0.05) is 42.1 Å². The van der Waals surface area contributed by atoms with Crippen molar-refractivity contribution in [3.63, 3.8) is 0 Å². The van der Waals surface area contributed by atoms with Gasteiger partial charge in [0.2, 0.25) is 0 Å². The third kappa shape index (κ3) is 4.00. The molecule has 0 bridgehead atoms. The van der Waals surface area contributed by atoms with E-state index in [0.29, 0.717) is 33.2 Å². The van der Waals surface area contributed by atoms with E-state index in [4.69, 9.17) is 10.2 Å². The average molecular weight is 439 g/mol. The highest BCUT2D eigenvalue weighted by atomic mass is 32.2. The Labute approximate surface area is 183 Å². The molecule has 0 saturated carbocycles. The van der Waals surface area contributed by atoms with Crippen molar-refractivity contribution in [2.45, 2.75) is 37.9 Å². The molecule has 1 amide bonds. The van der Waals surface area contributed by atoms with Gasteiger partial charge >= 0.3 is 0 Å². The minimum atomic E-state index is -0.134. The number of aryl methyl sites for hydroxylation is 2. The third-order valence-electron chi connectivity index (χ3n) is 5.34. The molecule has 3 heterocycles. The SMILES string of the molecule is Cc1c(C(=O)N2CCCC2)sc2nc(SCC#N)n(CCc3ccccc3)c(=O)c12. The fourth-order valence-electron chi connectivity index (χ4n) is 3.76. The van der Waals surface area contributed by atoms with Crippen molar-refractivity contribution in [1.82, 2.24) is 14.5 Å². The number of thiophene rings is 1. The predicted molar refractivity (Wildman–Crippen MR) is 120 cm³/mol. The van der Waals surface area contributed by atoms with E-state index >= 15 is 0 Å². The Balaban J connectivity index is 1.76. The quantitative estimate of drug-likeness (QED) is 0.431. The number of benzene rings is 1. The normalized spacial score (nSPS) is 13.7. The Kier molecular flexibility index (Phi) is 6.21. The molecule has 1 aliphatic rings. The molecule has 1 fully saturated rings. The summed E-state index contributed by atoms with van der Waals surface area (Å²) in [5, 5.41) is 10.1. The first-order chi connectivity index (χ1) is 14.6. The van der Waals surface area contributed by atoms with Crippen LogP contribution in [0.15, 0.2) is 40.3 Å². The first-order valence-electron chi connectivity index (χ1n) is 9.97. The van der Waals surface area contributed by atoms with Crippen LogP contribution in [0.3, 0.4) is 0 Å². The summed E-state index contributed by atoms with van der Waals surface area (Å²) in [6, 6.07) is 12.1. The Hall–Kier alpha value is -2.63. The standard InChI is InChI=1S/C22H22N4O2S2/c1-15-17-19(30-18(15)21(28)25-11-5-6-12-25)24-22(29-14-10-23)26(20(17)27)13-9-16-7-3-2-4-8-16/h2-4,7-8H,5-6,9,11-14H2,1H3. The van der Waals surface area contributed by atoms with Gasteiger partial charge in [-0.3, -0.25) is 14.2 Å². The van der Waals surface area contributed by atoms with Crippen molar-refractivity contribution in [1.29, 1.82) is 5.26 Å². The minimum Gasteiger partial charge on any atom is -0.338 e. The van der Waals surface area contributed by atoms with Crippen LogP contribution in [-0.4, -0.2) is 39.2 Å². The molecule has 1 saturated heterocycles. The van der Waals surface area contributed by atoms with Crippen molar-refractivity contribution in [2.24, 2.45) is 0 Å². The van der Waals surface area contributed by atoms with Crippen molar-refractivity contribution in [2.75, 3.05) is 18.8 Å². The number of carbonyl (C=O) groups excluding carboxylic acids is 1. The van der Waals surface area contributed by atoms with Gasteiger partial charge in [0.15, 0.2) is 5.16 Å². The van der Waals surface area contributed by atoms with Gasteiger partial charge in [0, 0.05) is 19.6 Å². The molecule has 3 aromatic rings. The van der Waals surface area contributed by atoms with E-state index in [-0.39, 0.29) is 17.2 Å². The predicted octanol–water partition coefficient (Wildman–Crippen LogP) is 3.86. The molecule has 0 unspecified atom stereocenters. The molecule has 8 heteroatoms. The Bertz CT molecular complexity index is 1170. The number of aromatic nitrogens is 2. The Morgan fingerprint density at radius 3 is 2.70 bits per heavy atom. The summed E-state index contributed by atoms with van der Waals surface area (Å²) in [5.74, 6) is 0.210. The number of fused-ring (bicyclic) bond motifs is 1. The number of hydrogen-bond acceptors (Lipinski definition) is 6. The lowest BCUT2D eigenvalue weighted by molar-refractivity contribution is 0.0797. The number of thioether (sulfide) groups is 1. The molecule has 2 aromatic heterocycles. The van der Waals surface area contributed by atoms with Crippen LogP contribution in [-0.2, 0) is 13.0 Å². The van der Waals surface area contributed by atoms with Crippen LogP contribution in [0.25, 0.3) is 10.2 Å². The van der Waals surface area contributed by atoms with E-state index in [9.17, 15) is 9.59 Å². The molecule has 0 N–H and O–H groups in total. The maximum absolute atomic E-state index is 13.4. The summed E-state index contributed by atoms with van der Waals surface area (Å²) in [5.41, 5.74) is 1.72. The summed E-state index contributed by atoms with van der Waals surface area (Å²) in [4.78, 5) is 34.1. The van der Waals surface area contributed by atoms with Crippen molar-refractivity contribution < 1.29 is 4.79 Å². The highest BCUT2D eigenvalue weighted by molar-refractivity contribution is 7.99. The number of nitriles is 1. The van der Waals surface area contributed by atoms with Crippen LogP contribution in [0.5, 0.6) is 0 Å². The van der Waals surface area contributed by atoms with Gasteiger partial charge < -0.3 is 4.90 Å². The number of carbonyl (C=O) groups is 1. The van der Waals surface area contributed by atoms with Gasteiger partial charge in [-0.25, -0.2) is 4.98 Å². The summed E-state index contributed by atoms with van der Waals surface area (Å²) in [7, 11) is 0. The van der Waals surface area contributed by atoms with Crippen LogP contribution in [0.2, 0.25) is 0 Å². The van der Waals surface area contributed by atoms with Gasteiger partial charge in [0.05, 0.1) is 22.1 Å². The molecule has 0 atom stereocenters. The first kappa shape index (κ1) is 20.6. The molecule has 0 radical (unpaired) electrons. The number of rotatable bonds is 6. The Morgan fingerprint density at radius 1 is 1.27 bits per heavy atom. The zero-order chi connectivity index (χ0) is 21.1. The van der Waals surface area contributed by atoms with Gasteiger partial charge in [-0.15, -0.1) is 11.3 Å². The fourth-order valence-corrected chi connectivity index (χ4v) is 5.63. The molecule has 0 aliphatic carbocycles. The third-order valence-corrected chi connectivity index (χ3v) is 7.35. The van der Waals surface area contributed by atoms with E-state index in [0.717, 1.165) is 37.1 Å². The van der Waals surface area contributed by atoms with Gasteiger partial charge in [-0.2, -0.15) is 5.26 Å². The van der Waals surface area contributed by atoms with E-state index < -0.39 is 0 Å². The number of hydrogen-bond donors (Lipinski definition) is 0. The monoisotopic (exact) mass is 438 g/mol. The van der Waals surface area contributed by atoms with Crippen LogP contribution in [0, 0.1) is 18.3 Å². The summed E-state index contributed by atoms with van der Waals surface area (Å²) < 4.78 is 1.65. The average Bonchev–Trinajstić information content (AvgIpc) is 3.40. The molecule has 0 spiro atoms. The maximum atomic E-state index is 13.4.